The fourth-order valence-corrected chi connectivity index (χ4v) is 5.34. The molecule has 0 aliphatic carbocycles. The first kappa shape index (κ1) is 21.8. The quantitative estimate of drug-likeness (QED) is 0.472. The molecule has 1 aromatic carbocycles. The summed E-state index contributed by atoms with van der Waals surface area (Å²) in [6.07, 6.45) is 6.90. The van der Waals surface area contributed by atoms with Gasteiger partial charge in [-0.25, -0.2) is 24.9 Å². The van der Waals surface area contributed by atoms with E-state index in [1.807, 2.05) is 26.0 Å². The molecule has 1 N–H and O–H groups in total. The van der Waals surface area contributed by atoms with Crippen molar-refractivity contribution in [2.24, 2.45) is 5.92 Å². The Labute approximate surface area is 203 Å². The van der Waals surface area contributed by atoms with Crippen LogP contribution < -0.4 is 5.32 Å². The Balaban J connectivity index is 1.47. The first-order valence-corrected chi connectivity index (χ1v) is 12.0. The predicted octanol–water partition coefficient (Wildman–Crippen LogP) is 3.92. The number of anilines is 1. The van der Waals surface area contributed by atoms with Gasteiger partial charge >= 0.3 is 0 Å². The molecule has 2 aliphatic heterocycles. The molecule has 3 aromatic heterocycles. The number of nitrogens with one attached hydrogen (secondary N) is 1. The van der Waals surface area contributed by atoms with Crippen LogP contribution in [0.4, 0.5) is 5.69 Å². The summed E-state index contributed by atoms with van der Waals surface area (Å²) in [6, 6.07) is 6.05. The molecule has 1 amide bonds. The summed E-state index contributed by atoms with van der Waals surface area (Å²) < 4.78 is 7.63. The van der Waals surface area contributed by atoms with Gasteiger partial charge in [0.15, 0.2) is 5.65 Å². The fourth-order valence-electron chi connectivity index (χ4n) is 5.34. The van der Waals surface area contributed by atoms with Crippen LogP contribution in [0.3, 0.4) is 0 Å². The molecule has 178 valence electrons. The van der Waals surface area contributed by atoms with Gasteiger partial charge in [-0.15, -0.1) is 0 Å². The minimum atomic E-state index is -0.608. The number of fused-ring (bicyclic) bond motifs is 2. The first-order valence-electron chi connectivity index (χ1n) is 12.0. The van der Waals surface area contributed by atoms with Gasteiger partial charge in [-0.3, -0.25) is 4.79 Å². The number of amides is 1. The van der Waals surface area contributed by atoms with E-state index in [2.05, 4.69) is 42.8 Å². The molecule has 1 fully saturated rings. The Hall–Kier alpha value is -3.72. The Morgan fingerprint density at radius 1 is 1.17 bits per heavy atom. The number of nitrogens with zero attached hydrogens (tertiary/aromatic N) is 6. The van der Waals surface area contributed by atoms with Crippen molar-refractivity contribution in [2.75, 3.05) is 18.5 Å². The molecule has 6 rings (SSSR count). The zero-order valence-electron chi connectivity index (χ0n) is 20.1. The van der Waals surface area contributed by atoms with Crippen LogP contribution in [-0.2, 0) is 21.5 Å². The van der Waals surface area contributed by atoms with Crippen LogP contribution in [0.5, 0.6) is 0 Å². The summed E-state index contributed by atoms with van der Waals surface area (Å²) in [4.78, 5) is 35.9. The lowest BCUT2D eigenvalue weighted by Gasteiger charge is -2.25. The molecule has 35 heavy (non-hydrogen) atoms. The van der Waals surface area contributed by atoms with Crippen molar-refractivity contribution >= 4 is 22.8 Å². The summed E-state index contributed by atoms with van der Waals surface area (Å²) >= 11 is 0. The zero-order valence-corrected chi connectivity index (χ0v) is 20.1. The molecule has 4 aromatic rings. The smallest absolute Gasteiger partial charge is 0.234 e. The highest BCUT2D eigenvalue weighted by molar-refractivity contribution is 6.06. The average Bonchev–Trinajstić information content (AvgIpc) is 3.57. The number of benzene rings is 1. The Morgan fingerprint density at radius 2 is 2.00 bits per heavy atom. The predicted molar refractivity (Wildman–Crippen MR) is 132 cm³/mol. The van der Waals surface area contributed by atoms with Crippen molar-refractivity contribution in [2.45, 2.75) is 45.6 Å². The number of imidazole rings is 1. The van der Waals surface area contributed by atoms with Crippen LogP contribution in [0.1, 0.15) is 38.1 Å². The second-order valence-electron chi connectivity index (χ2n) is 9.57. The number of aryl methyl sites for hydroxylation is 2. The molecule has 2 aliphatic rings. The Kier molecular flexibility index (Phi) is 5.10. The van der Waals surface area contributed by atoms with E-state index < -0.39 is 5.41 Å². The molecule has 9 nitrogen and oxygen atoms in total. The zero-order chi connectivity index (χ0) is 24.2. The number of ether oxygens (including phenoxy) is 1. The van der Waals surface area contributed by atoms with Gasteiger partial charge in [0.05, 0.1) is 11.0 Å². The van der Waals surface area contributed by atoms with Crippen LogP contribution in [0.15, 0.2) is 36.9 Å². The van der Waals surface area contributed by atoms with E-state index >= 15 is 0 Å². The van der Waals surface area contributed by atoms with Gasteiger partial charge < -0.3 is 14.6 Å². The SMILES string of the molecule is CCn1c(-c2cnc(C)nc2)nc2c(-c3ccc4c(c3)C(C)(C[C@H]3CCOC3)C(=O)N4)ncnc21. The van der Waals surface area contributed by atoms with E-state index in [1.54, 1.807) is 18.7 Å². The van der Waals surface area contributed by atoms with Crippen molar-refractivity contribution in [1.82, 2.24) is 29.5 Å². The fraction of sp³-hybridized carbons (Fsp3) is 0.385. The maximum absolute atomic E-state index is 13.1. The molecular formula is C26H27N7O2. The highest BCUT2D eigenvalue weighted by Crippen LogP contribution is 2.45. The first-order chi connectivity index (χ1) is 17.0. The summed E-state index contributed by atoms with van der Waals surface area (Å²) in [6.45, 7) is 8.13. The molecule has 0 radical (unpaired) electrons. The Bertz CT molecular complexity index is 1440. The molecule has 1 saturated heterocycles. The maximum atomic E-state index is 13.1. The summed E-state index contributed by atoms with van der Waals surface area (Å²) in [7, 11) is 0. The third-order valence-corrected chi connectivity index (χ3v) is 7.25. The van der Waals surface area contributed by atoms with Gasteiger partial charge in [-0.1, -0.05) is 6.07 Å². The second kappa shape index (κ2) is 8.20. The molecule has 0 bridgehead atoms. The lowest BCUT2D eigenvalue weighted by molar-refractivity contribution is -0.120. The largest absolute Gasteiger partial charge is 0.381 e. The van der Waals surface area contributed by atoms with Crippen LogP contribution >= 0.6 is 0 Å². The van der Waals surface area contributed by atoms with Crippen molar-refractivity contribution < 1.29 is 9.53 Å². The maximum Gasteiger partial charge on any atom is 0.234 e. The summed E-state index contributed by atoms with van der Waals surface area (Å²) in [5.41, 5.74) is 5.21. The van der Waals surface area contributed by atoms with Crippen molar-refractivity contribution in [3.8, 4) is 22.6 Å². The summed E-state index contributed by atoms with van der Waals surface area (Å²) in [5, 5.41) is 3.08. The molecule has 0 saturated carbocycles. The van der Waals surface area contributed by atoms with Gasteiger partial charge in [0, 0.05) is 43.4 Å². The standard InChI is InChI=1S/C26H27N7O2/c1-4-33-23(18-11-27-15(2)28-12-18)32-22-21(29-14-30-24(22)33)17-5-6-20-19(9-17)26(3,25(34)31-20)10-16-7-8-35-13-16/h5-6,9,11-12,14,16H,4,7-8,10,13H2,1-3H3,(H,31,34)/t16-,26?/m1/s1. The molecule has 5 heterocycles. The minimum absolute atomic E-state index is 0.0429. The van der Waals surface area contributed by atoms with Gasteiger partial charge in [0.1, 0.15) is 29.2 Å². The van der Waals surface area contributed by atoms with Gasteiger partial charge in [0.2, 0.25) is 5.91 Å². The van der Waals surface area contributed by atoms with E-state index in [9.17, 15) is 4.79 Å². The number of carbonyl (C=O) groups excluding carboxylic acids is 1. The monoisotopic (exact) mass is 469 g/mol. The lowest BCUT2D eigenvalue weighted by Crippen LogP contribution is -2.33. The highest BCUT2D eigenvalue weighted by atomic mass is 16.5. The van der Waals surface area contributed by atoms with Crippen LogP contribution in [0.2, 0.25) is 0 Å². The average molecular weight is 470 g/mol. The van der Waals surface area contributed by atoms with E-state index in [4.69, 9.17) is 9.72 Å². The van der Waals surface area contributed by atoms with Crippen LogP contribution in [-0.4, -0.2) is 48.6 Å². The topological polar surface area (TPSA) is 108 Å². The molecule has 1 unspecified atom stereocenters. The summed E-state index contributed by atoms with van der Waals surface area (Å²) in [5.74, 6) is 1.89. The van der Waals surface area contributed by atoms with Crippen molar-refractivity contribution in [3.63, 3.8) is 0 Å². The third kappa shape index (κ3) is 3.49. The number of aromatic nitrogens is 6. The van der Waals surface area contributed by atoms with Crippen molar-refractivity contribution in [3.05, 3.63) is 48.3 Å². The normalized spacial score (nSPS) is 21.5. The van der Waals surface area contributed by atoms with Crippen molar-refractivity contribution in [1.29, 1.82) is 0 Å². The van der Waals surface area contributed by atoms with E-state index in [1.165, 1.54) is 0 Å². The minimum Gasteiger partial charge on any atom is -0.381 e. The second-order valence-corrected chi connectivity index (χ2v) is 9.57. The van der Waals surface area contributed by atoms with E-state index in [-0.39, 0.29) is 5.91 Å². The van der Waals surface area contributed by atoms with E-state index in [0.29, 0.717) is 30.4 Å². The van der Waals surface area contributed by atoms with E-state index in [0.717, 1.165) is 59.0 Å². The van der Waals surface area contributed by atoms with Crippen LogP contribution in [0.25, 0.3) is 33.8 Å². The Morgan fingerprint density at radius 3 is 2.74 bits per heavy atom. The number of carbonyl (C=O) groups is 1. The number of rotatable bonds is 5. The highest BCUT2D eigenvalue weighted by Gasteiger charge is 2.44. The van der Waals surface area contributed by atoms with Gasteiger partial charge in [0.25, 0.3) is 0 Å². The molecule has 0 spiro atoms. The molecular weight excluding hydrogens is 442 g/mol. The number of hydrogen-bond acceptors (Lipinski definition) is 7. The molecule has 2 atom stereocenters. The number of hydrogen-bond donors (Lipinski definition) is 1. The van der Waals surface area contributed by atoms with Crippen LogP contribution in [0, 0.1) is 12.8 Å². The lowest BCUT2D eigenvalue weighted by atomic mass is 9.75. The van der Waals surface area contributed by atoms with Gasteiger partial charge in [-0.05, 0) is 57.2 Å². The van der Waals surface area contributed by atoms with Gasteiger partial charge in [-0.2, -0.15) is 0 Å². The third-order valence-electron chi connectivity index (χ3n) is 7.25. The molecule has 9 heteroatoms.